The van der Waals surface area contributed by atoms with Crippen molar-refractivity contribution in [1.82, 2.24) is 10.0 Å². The van der Waals surface area contributed by atoms with Crippen molar-refractivity contribution >= 4 is 35.6 Å². The zero-order valence-electron chi connectivity index (χ0n) is 18.4. The topological polar surface area (TPSA) is 135 Å². The maximum absolute atomic E-state index is 12.7. The maximum atomic E-state index is 12.7. The molecule has 0 amide bonds. The fourth-order valence-corrected chi connectivity index (χ4v) is 4.21. The minimum Gasteiger partial charge on any atom is -0.504 e. The Morgan fingerprint density at radius 3 is 2.88 bits per heavy atom. The van der Waals surface area contributed by atoms with Crippen LogP contribution >= 0.6 is 0 Å². The second-order valence-corrected chi connectivity index (χ2v) is 7.86. The van der Waals surface area contributed by atoms with Crippen LogP contribution in [0.15, 0.2) is 27.7 Å². The van der Waals surface area contributed by atoms with Gasteiger partial charge in [-0.15, -0.1) is 0 Å². The molecule has 2 bridgehead atoms. The summed E-state index contributed by atoms with van der Waals surface area (Å²) in [4.78, 5) is 36.3. The molecule has 2 atom stereocenters. The molecule has 2 N–H and O–H groups in total. The van der Waals surface area contributed by atoms with Gasteiger partial charge in [-0.2, -0.15) is 5.06 Å². The summed E-state index contributed by atoms with van der Waals surface area (Å²) in [7, 11) is 0. The van der Waals surface area contributed by atoms with E-state index in [1.54, 1.807) is 25.4 Å². The van der Waals surface area contributed by atoms with Crippen LogP contribution in [0.25, 0.3) is 11.6 Å². The highest BCUT2D eigenvalue weighted by Gasteiger charge is 2.50. The molecule has 3 aliphatic rings. The zero-order valence-corrected chi connectivity index (χ0v) is 18.4. The Kier molecular flexibility index (Phi) is 6.30. The molecule has 2 unspecified atom stereocenters. The number of aliphatic imine (C=N–C) groups is 1. The van der Waals surface area contributed by atoms with Gasteiger partial charge in [-0.05, 0) is 38.0 Å². The average Bonchev–Trinajstić information content (AvgIpc) is 3.43. The molecule has 10 nitrogen and oxygen atoms in total. The van der Waals surface area contributed by atoms with E-state index >= 15 is 0 Å². The average molecular weight is 455 g/mol. The van der Waals surface area contributed by atoms with Gasteiger partial charge >= 0.3 is 5.97 Å². The minimum absolute atomic E-state index is 0.0452. The quantitative estimate of drug-likeness (QED) is 0.664. The van der Waals surface area contributed by atoms with Gasteiger partial charge in [0.05, 0.1) is 6.61 Å². The lowest BCUT2D eigenvalue weighted by Crippen LogP contribution is -2.35. The van der Waals surface area contributed by atoms with Crippen molar-refractivity contribution in [3.8, 4) is 5.75 Å². The minimum atomic E-state index is -0.833. The number of carboxylic acid groups (broad SMARTS) is 1. The summed E-state index contributed by atoms with van der Waals surface area (Å²) in [5, 5.41) is 20.2. The standard InChI is InChI=1S/C21H21N3O5.C2H4O2/c1-2-27-20(26)16-17(25)15(11-13-12-23-19-14(13)5-3-8-22-19)28-18(16)21-6-4-9-24(29-21)10-7-21;1-2(3)4/h3,5,8,11-12,25H,2,4,6-7,9-10H2,1H3;1H3,(H,3,4). The fourth-order valence-electron chi connectivity index (χ4n) is 4.21. The highest BCUT2D eigenvalue weighted by Crippen LogP contribution is 2.49. The molecule has 33 heavy (non-hydrogen) atoms. The number of nitrogens with zero attached hydrogens (tertiary/aromatic N) is 3. The van der Waals surface area contributed by atoms with Crippen LogP contribution in [0, 0.1) is 0 Å². The SMILES string of the molecule is CC(=O)O.CCOC(=O)c1c(C23CCCN(CC2)O3)oc(C=C2C=Nc3ncccc32)c1O. The van der Waals surface area contributed by atoms with Crippen LogP contribution in [-0.2, 0) is 20.0 Å². The summed E-state index contributed by atoms with van der Waals surface area (Å²) in [6.45, 7) is 4.61. The van der Waals surface area contributed by atoms with Crippen molar-refractivity contribution in [2.75, 3.05) is 19.7 Å². The summed E-state index contributed by atoms with van der Waals surface area (Å²) >= 11 is 0. The predicted molar refractivity (Wildman–Crippen MR) is 118 cm³/mol. The van der Waals surface area contributed by atoms with Crippen molar-refractivity contribution in [3.05, 3.63) is 41.0 Å². The molecule has 5 heterocycles. The van der Waals surface area contributed by atoms with E-state index in [0.717, 1.165) is 37.6 Å². The van der Waals surface area contributed by atoms with Crippen LogP contribution < -0.4 is 0 Å². The van der Waals surface area contributed by atoms with Gasteiger partial charge in [-0.1, -0.05) is 0 Å². The Bertz CT molecular complexity index is 1130. The first-order valence-corrected chi connectivity index (χ1v) is 10.7. The molecular formula is C23H25N3O7. The second-order valence-electron chi connectivity index (χ2n) is 7.86. The largest absolute Gasteiger partial charge is 0.504 e. The lowest BCUT2D eigenvalue weighted by molar-refractivity contribution is -0.230. The third-order valence-corrected chi connectivity index (χ3v) is 5.57. The number of esters is 1. The number of ether oxygens (including phenoxy) is 1. The number of hydrogen-bond donors (Lipinski definition) is 2. The van der Waals surface area contributed by atoms with Crippen LogP contribution in [0.5, 0.6) is 5.75 Å². The maximum Gasteiger partial charge on any atom is 0.345 e. The highest BCUT2D eigenvalue weighted by atomic mass is 16.7. The number of carbonyl (C=O) groups is 2. The first kappa shape index (κ1) is 22.7. The van der Waals surface area contributed by atoms with Gasteiger partial charge in [0.2, 0.25) is 0 Å². The number of pyridine rings is 1. The number of carbonyl (C=O) groups excluding carboxylic acids is 1. The molecule has 5 rings (SSSR count). The second kappa shape index (κ2) is 9.16. The van der Waals surface area contributed by atoms with Crippen LogP contribution in [0.4, 0.5) is 5.82 Å². The normalized spacial score (nSPS) is 23.7. The van der Waals surface area contributed by atoms with Crippen molar-refractivity contribution in [2.24, 2.45) is 4.99 Å². The van der Waals surface area contributed by atoms with Crippen molar-refractivity contribution in [2.45, 2.75) is 38.7 Å². The first-order valence-electron chi connectivity index (χ1n) is 10.7. The van der Waals surface area contributed by atoms with E-state index < -0.39 is 17.5 Å². The van der Waals surface area contributed by atoms with Crippen molar-refractivity contribution in [3.63, 3.8) is 0 Å². The first-order chi connectivity index (χ1) is 15.8. The number of fused-ring (bicyclic) bond motifs is 3. The van der Waals surface area contributed by atoms with Crippen molar-refractivity contribution < 1.29 is 33.8 Å². The van der Waals surface area contributed by atoms with Gasteiger partial charge in [0.25, 0.3) is 5.97 Å². The third-order valence-electron chi connectivity index (χ3n) is 5.57. The Morgan fingerprint density at radius 1 is 1.33 bits per heavy atom. The number of aromatic hydroxyl groups is 1. The summed E-state index contributed by atoms with van der Waals surface area (Å²) in [6, 6.07) is 3.72. The number of hydrogen-bond acceptors (Lipinski definition) is 9. The number of hydroxylamine groups is 2. The molecule has 174 valence electrons. The van der Waals surface area contributed by atoms with Crippen LogP contribution in [0.3, 0.4) is 0 Å². The van der Waals surface area contributed by atoms with Crippen LogP contribution in [0.1, 0.15) is 60.6 Å². The molecular weight excluding hydrogens is 430 g/mol. The van der Waals surface area contributed by atoms with E-state index in [-0.39, 0.29) is 23.7 Å². The summed E-state index contributed by atoms with van der Waals surface area (Å²) in [5.74, 6) is -0.556. The number of carboxylic acids is 1. The molecule has 0 spiro atoms. The molecule has 10 heteroatoms. The summed E-state index contributed by atoms with van der Waals surface area (Å²) in [5.41, 5.74) is 0.873. The van der Waals surface area contributed by atoms with Gasteiger partial charge in [0.1, 0.15) is 11.2 Å². The molecule has 0 saturated carbocycles. The molecule has 2 aromatic heterocycles. The lowest BCUT2D eigenvalue weighted by atomic mass is 9.89. The third kappa shape index (κ3) is 4.39. The lowest BCUT2D eigenvalue weighted by Gasteiger charge is -2.32. The smallest absolute Gasteiger partial charge is 0.345 e. The highest BCUT2D eigenvalue weighted by molar-refractivity contribution is 6.21. The van der Waals surface area contributed by atoms with E-state index in [4.69, 9.17) is 23.9 Å². The van der Waals surface area contributed by atoms with Gasteiger partial charge in [0, 0.05) is 50.0 Å². The molecule has 0 aromatic carbocycles. The van der Waals surface area contributed by atoms with E-state index in [1.165, 1.54) is 0 Å². The van der Waals surface area contributed by atoms with Gasteiger partial charge in [-0.25, -0.2) is 14.8 Å². The zero-order chi connectivity index (χ0) is 23.6. The number of aromatic nitrogens is 1. The number of aliphatic carboxylic acids is 1. The fraction of sp³-hybridized carbons (Fsp3) is 0.391. The van der Waals surface area contributed by atoms with E-state index in [0.29, 0.717) is 24.4 Å². The Labute approximate surface area is 190 Å². The molecule has 3 aliphatic heterocycles. The summed E-state index contributed by atoms with van der Waals surface area (Å²) in [6.07, 6.45) is 7.34. The molecule has 0 aliphatic carbocycles. The number of allylic oxidation sites excluding steroid dienone is 1. The van der Waals surface area contributed by atoms with E-state index in [9.17, 15) is 9.90 Å². The monoisotopic (exact) mass is 455 g/mol. The predicted octanol–water partition coefficient (Wildman–Crippen LogP) is 3.53. The van der Waals surface area contributed by atoms with Crippen LogP contribution in [0.2, 0.25) is 0 Å². The number of furan rings is 1. The van der Waals surface area contributed by atoms with E-state index in [2.05, 4.69) is 9.98 Å². The van der Waals surface area contributed by atoms with E-state index in [1.807, 2.05) is 17.2 Å². The summed E-state index contributed by atoms with van der Waals surface area (Å²) < 4.78 is 11.3. The Hall–Kier alpha value is -3.50. The van der Waals surface area contributed by atoms with Gasteiger partial charge < -0.3 is 19.4 Å². The van der Waals surface area contributed by atoms with Crippen LogP contribution in [-0.4, -0.2) is 58.1 Å². The molecule has 0 radical (unpaired) electrons. The van der Waals surface area contributed by atoms with Gasteiger partial charge in [0.15, 0.2) is 23.1 Å². The number of rotatable bonds is 4. The van der Waals surface area contributed by atoms with Crippen molar-refractivity contribution in [1.29, 1.82) is 0 Å². The molecule has 2 aromatic rings. The molecule has 2 saturated heterocycles. The Balaban J connectivity index is 0.000000601. The Morgan fingerprint density at radius 2 is 2.12 bits per heavy atom. The van der Waals surface area contributed by atoms with Gasteiger partial charge in [-0.3, -0.25) is 9.63 Å². The molecule has 2 fully saturated rings.